The summed E-state index contributed by atoms with van der Waals surface area (Å²) in [7, 11) is 4.66. The molecular formula is C20H26N2O4. The second-order valence-electron chi connectivity index (χ2n) is 6.09. The van der Waals surface area contributed by atoms with Crippen molar-refractivity contribution in [1.29, 1.82) is 0 Å². The molecule has 0 bridgehead atoms. The predicted octanol–water partition coefficient (Wildman–Crippen LogP) is 3.77. The molecule has 0 spiro atoms. The second kappa shape index (κ2) is 8.47. The number of hydrogen-bond acceptors (Lipinski definition) is 5. The summed E-state index contributed by atoms with van der Waals surface area (Å²) in [5.41, 5.74) is 3.62. The Hall–Kier alpha value is -2.89. The van der Waals surface area contributed by atoms with E-state index in [-0.39, 0.29) is 5.91 Å². The van der Waals surface area contributed by atoms with E-state index < -0.39 is 6.04 Å². The number of benzene rings is 2. The number of ether oxygens (including phenoxy) is 3. The maximum atomic E-state index is 12.6. The summed E-state index contributed by atoms with van der Waals surface area (Å²) in [5.74, 6) is 1.42. The van der Waals surface area contributed by atoms with Gasteiger partial charge in [-0.3, -0.25) is 4.79 Å². The molecule has 6 nitrogen and oxygen atoms in total. The number of rotatable bonds is 7. The lowest BCUT2D eigenvalue weighted by atomic mass is 10.1. The minimum absolute atomic E-state index is 0.132. The topological polar surface area (TPSA) is 68.8 Å². The fourth-order valence-electron chi connectivity index (χ4n) is 2.59. The van der Waals surface area contributed by atoms with Crippen LogP contribution >= 0.6 is 0 Å². The smallest absolute Gasteiger partial charge is 0.246 e. The minimum atomic E-state index is -0.460. The lowest BCUT2D eigenvalue weighted by molar-refractivity contribution is -0.116. The van der Waals surface area contributed by atoms with Crippen LogP contribution in [0.25, 0.3) is 0 Å². The molecule has 0 radical (unpaired) electrons. The molecule has 26 heavy (non-hydrogen) atoms. The van der Waals surface area contributed by atoms with Crippen LogP contribution in [0.2, 0.25) is 0 Å². The van der Waals surface area contributed by atoms with Crippen LogP contribution in [-0.2, 0) is 4.79 Å². The van der Waals surface area contributed by atoms with E-state index in [1.165, 1.54) is 0 Å². The minimum Gasteiger partial charge on any atom is -0.493 e. The SMILES string of the molecule is COc1cc(NC(C)C(=O)Nc2cc(C)ccc2C)cc(OC)c1OC. The quantitative estimate of drug-likeness (QED) is 0.788. The summed E-state index contributed by atoms with van der Waals surface area (Å²) in [4.78, 5) is 12.6. The molecule has 0 aliphatic carbocycles. The molecule has 1 atom stereocenters. The van der Waals surface area contributed by atoms with Gasteiger partial charge in [0.15, 0.2) is 11.5 Å². The van der Waals surface area contributed by atoms with Crippen molar-refractivity contribution in [3.05, 3.63) is 41.5 Å². The number of amides is 1. The van der Waals surface area contributed by atoms with Gasteiger partial charge in [0, 0.05) is 23.5 Å². The highest BCUT2D eigenvalue weighted by Crippen LogP contribution is 2.40. The van der Waals surface area contributed by atoms with E-state index in [2.05, 4.69) is 10.6 Å². The van der Waals surface area contributed by atoms with Gasteiger partial charge in [-0.1, -0.05) is 12.1 Å². The van der Waals surface area contributed by atoms with Crippen molar-refractivity contribution < 1.29 is 19.0 Å². The molecule has 2 aromatic rings. The summed E-state index contributed by atoms with van der Waals surface area (Å²) in [6.45, 7) is 5.75. The van der Waals surface area contributed by atoms with Gasteiger partial charge in [0.1, 0.15) is 6.04 Å². The number of carbonyl (C=O) groups excluding carboxylic acids is 1. The van der Waals surface area contributed by atoms with Crippen molar-refractivity contribution in [3.63, 3.8) is 0 Å². The van der Waals surface area contributed by atoms with E-state index in [4.69, 9.17) is 14.2 Å². The lowest BCUT2D eigenvalue weighted by Crippen LogP contribution is -2.32. The van der Waals surface area contributed by atoms with Gasteiger partial charge in [-0.15, -0.1) is 0 Å². The number of nitrogens with one attached hydrogen (secondary N) is 2. The highest BCUT2D eigenvalue weighted by atomic mass is 16.5. The van der Waals surface area contributed by atoms with Crippen LogP contribution in [-0.4, -0.2) is 33.3 Å². The Morgan fingerprint density at radius 3 is 2.12 bits per heavy atom. The van der Waals surface area contributed by atoms with Crippen molar-refractivity contribution in [2.45, 2.75) is 26.8 Å². The summed E-state index contributed by atoms with van der Waals surface area (Å²) >= 11 is 0. The van der Waals surface area contributed by atoms with Gasteiger partial charge in [0.2, 0.25) is 11.7 Å². The van der Waals surface area contributed by atoms with Crippen LogP contribution in [0.4, 0.5) is 11.4 Å². The first-order valence-electron chi connectivity index (χ1n) is 8.34. The van der Waals surface area contributed by atoms with Gasteiger partial charge in [0.05, 0.1) is 21.3 Å². The molecule has 0 aliphatic rings. The van der Waals surface area contributed by atoms with Gasteiger partial charge in [-0.2, -0.15) is 0 Å². The normalized spacial score (nSPS) is 11.5. The molecule has 2 N–H and O–H groups in total. The molecule has 1 unspecified atom stereocenters. The first-order valence-corrected chi connectivity index (χ1v) is 8.34. The fraction of sp³-hybridized carbons (Fsp3) is 0.350. The van der Waals surface area contributed by atoms with E-state index in [9.17, 15) is 4.79 Å². The molecular weight excluding hydrogens is 332 g/mol. The van der Waals surface area contributed by atoms with E-state index in [0.29, 0.717) is 22.9 Å². The summed E-state index contributed by atoms with van der Waals surface area (Å²) in [5, 5.41) is 6.13. The maximum Gasteiger partial charge on any atom is 0.246 e. The molecule has 0 fully saturated rings. The highest BCUT2D eigenvalue weighted by molar-refractivity contribution is 5.97. The predicted molar refractivity (Wildman–Crippen MR) is 104 cm³/mol. The summed E-state index contributed by atoms with van der Waals surface area (Å²) < 4.78 is 16.0. The number of hydrogen-bond donors (Lipinski definition) is 2. The summed E-state index contributed by atoms with van der Waals surface area (Å²) in [6, 6.07) is 9.04. The Labute approximate surface area is 154 Å². The molecule has 0 aliphatic heterocycles. The highest BCUT2D eigenvalue weighted by Gasteiger charge is 2.17. The van der Waals surface area contributed by atoms with E-state index in [0.717, 1.165) is 16.8 Å². The van der Waals surface area contributed by atoms with Crippen LogP contribution in [0.15, 0.2) is 30.3 Å². The van der Waals surface area contributed by atoms with Crippen LogP contribution in [0.3, 0.4) is 0 Å². The average molecular weight is 358 g/mol. The molecule has 2 aromatic carbocycles. The van der Waals surface area contributed by atoms with Gasteiger partial charge < -0.3 is 24.8 Å². The van der Waals surface area contributed by atoms with Crippen molar-refractivity contribution in [3.8, 4) is 17.2 Å². The Bertz CT molecular complexity index is 764. The Kier molecular flexibility index (Phi) is 6.33. The first-order chi connectivity index (χ1) is 12.4. The standard InChI is InChI=1S/C20H26N2O4/c1-12-7-8-13(2)16(9-12)22-20(23)14(3)21-15-10-17(24-4)19(26-6)18(11-15)25-5/h7-11,14,21H,1-6H3,(H,22,23). The van der Waals surface area contributed by atoms with Crippen LogP contribution in [0.5, 0.6) is 17.2 Å². The third kappa shape index (κ3) is 4.39. The number of methoxy groups -OCH3 is 3. The van der Waals surface area contributed by atoms with Gasteiger partial charge in [-0.25, -0.2) is 0 Å². The number of anilines is 2. The van der Waals surface area contributed by atoms with Crippen LogP contribution in [0, 0.1) is 13.8 Å². The van der Waals surface area contributed by atoms with Crippen LogP contribution in [0.1, 0.15) is 18.1 Å². The monoisotopic (exact) mass is 358 g/mol. The zero-order chi connectivity index (χ0) is 19.3. The maximum absolute atomic E-state index is 12.6. The Morgan fingerprint density at radius 2 is 1.58 bits per heavy atom. The molecule has 140 valence electrons. The van der Waals surface area contributed by atoms with Crippen molar-refractivity contribution in [1.82, 2.24) is 0 Å². The van der Waals surface area contributed by atoms with E-state index >= 15 is 0 Å². The first kappa shape index (κ1) is 19.4. The van der Waals surface area contributed by atoms with E-state index in [1.54, 1.807) is 40.4 Å². The fourth-order valence-corrected chi connectivity index (χ4v) is 2.59. The lowest BCUT2D eigenvalue weighted by Gasteiger charge is -2.19. The van der Waals surface area contributed by atoms with Gasteiger partial charge in [0.25, 0.3) is 0 Å². The second-order valence-corrected chi connectivity index (χ2v) is 6.09. The van der Waals surface area contributed by atoms with Gasteiger partial charge >= 0.3 is 0 Å². The zero-order valence-electron chi connectivity index (χ0n) is 16.1. The largest absolute Gasteiger partial charge is 0.493 e. The molecule has 0 heterocycles. The Balaban J connectivity index is 2.17. The molecule has 0 saturated carbocycles. The molecule has 0 aromatic heterocycles. The average Bonchev–Trinajstić information content (AvgIpc) is 2.63. The molecule has 2 rings (SSSR count). The number of carbonyl (C=O) groups is 1. The van der Waals surface area contributed by atoms with Crippen LogP contribution < -0.4 is 24.8 Å². The zero-order valence-corrected chi connectivity index (χ0v) is 16.1. The third-order valence-electron chi connectivity index (χ3n) is 4.09. The molecule has 6 heteroatoms. The third-order valence-corrected chi connectivity index (χ3v) is 4.09. The Morgan fingerprint density at radius 1 is 0.962 bits per heavy atom. The summed E-state index contributed by atoms with van der Waals surface area (Å²) in [6.07, 6.45) is 0. The molecule has 0 saturated heterocycles. The van der Waals surface area contributed by atoms with Gasteiger partial charge in [-0.05, 0) is 38.0 Å². The van der Waals surface area contributed by atoms with E-state index in [1.807, 2.05) is 32.0 Å². The molecule has 1 amide bonds. The number of aryl methyl sites for hydroxylation is 2. The van der Waals surface area contributed by atoms with Crippen molar-refractivity contribution >= 4 is 17.3 Å². The van der Waals surface area contributed by atoms with Crippen molar-refractivity contribution in [2.24, 2.45) is 0 Å². The van der Waals surface area contributed by atoms with Crippen molar-refractivity contribution in [2.75, 3.05) is 32.0 Å².